The lowest BCUT2D eigenvalue weighted by molar-refractivity contribution is -0.173. The van der Waals surface area contributed by atoms with Crippen molar-refractivity contribution < 1.29 is 38.7 Å². The fourth-order valence-electron chi connectivity index (χ4n) is 11.7. The van der Waals surface area contributed by atoms with Crippen LogP contribution in [0.2, 0.25) is 0 Å². The summed E-state index contributed by atoms with van der Waals surface area (Å²) in [5.41, 5.74) is -1.17. The molecule has 11 unspecified atom stereocenters. The fraction of sp³-hybridized carbons (Fsp3) is 0.944. The van der Waals surface area contributed by atoms with Crippen LogP contribution < -0.4 is 0 Å². The van der Waals surface area contributed by atoms with Gasteiger partial charge in [0.25, 0.3) is 0 Å². The number of hydrogen-bond donors (Lipinski definition) is 2. The Bertz CT molecular complexity index is 1010. The van der Waals surface area contributed by atoms with Gasteiger partial charge in [0.05, 0.1) is 23.0 Å². The van der Waals surface area contributed by atoms with Crippen molar-refractivity contribution >= 4 is 11.9 Å². The van der Waals surface area contributed by atoms with Gasteiger partial charge in [-0.2, -0.15) is 0 Å². The molecule has 2 N–H and O–H groups in total. The summed E-state index contributed by atoms with van der Waals surface area (Å²) in [6, 6.07) is 0. The van der Waals surface area contributed by atoms with Crippen molar-refractivity contribution in [1.82, 2.24) is 0 Å². The largest absolute Gasteiger partial charge is 0.462 e. The van der Waals surface area contributed by atoms with E-state index in [1.165, 1.54) is 25.7 Å². The summed E-state index contributed by atoms with van der Waals surface area (Å²) < 4.78 is 25.2. The van der Waals surface area contributed by atoms with Crippen LogP contribution in [-0.4, -0.2) is 66.1 Å². The highest BCUT2D eigenvalue weighted by atomic mass is 16.7. The maximum absolute atomic E-state index is 13.7. The number of hydrogen-bond acceptors (Lipinski definition) is 8. The van der Waals surface area contributed by atoms with Crippen LogP contribution >= 0.6 is 0 Å². The molecule has 6 saturated carbocycles. The zero-order valence-electron chi connectivity index (χ0n) is 27.0. The zero-order valence-corrected chi connectivity index (χ0v) is 27.0. The first-order valence-electron chi connectivity index (χ1n) is 18.1. The smallest absolute Gasteiger partial charge is 0.312 e. The van der Waals surface area contributed by atoms with E-state index >= 15 is 0 Å². The lowest BCUT2D eigenvalue weighted by Gasteiger charge is -2.47. The normalized spacial score (nSPS) is 50.1. The minimum Gasteiger partial charge on any atom is -0.462 e. The van der Waals surface area contributed by atoms with Crippen molar-refractivity contribution in [2.45, 2.75) is 147 Å². The third-order valence-electron chi connectivity index (χ3n) is 13.0. The lowest BCUT2D eigenvalue weighted by Crippen LogP contribution is -2.48. The molecule has 0 aromatic heterocycles. The molecule has 0 amide bonds. The Kier molecular flexibility index (Phi) is 8.86. The Hall–Kier alpha value is -1.22. The predicted molar refractivity (Wildman–Crippen MR) is 162 cm³/mol. The summed E-state index contributed by atoms with van der Waals surface area (Å²) in [7, 11) is 0. The molecule has 0 aromatic carbocycles. The molecule has 8 heteroatoms. The first-order chi connectivity index (χ1) is 21.1. The van der Waals surface area contributed by atoms with Crippen molar-refractivity contribution in [3.63, 3.8) is 0 Å². The summed E-state index contributed by atoms with van der Waals surface area (Å²) in [6.45, 7) is 4.40. The van der Waals surface area contributed by atoms with Gasteiger partial charge in [-0.05, 0) is 126 Å². The number of carbonyl (C=O) groups is 2. The predicted octanol–water partition coefficient (Wildman–Crippen LogP) is 5.55. The average Bonchev–Trinajstić information content (AvgIpc) is 3.35. The number of esters is 2. The van der Waals surface area contributed by atoms with E-state index in [-0.39, 0.29) is 37.5 Å². The monoisotopic (exact) mass is 616 g/mol. The van der Waals surface area contributed by atoms with Crippen molar-refractivity contribution in [2.75, 3.05) is 13.2 Å². The highest BCUT2D eigenvalue weighted by molar-refractivity contribution is 5.77. The van der Waals surface area contributed by atoms with Crippen molar-refractivity contribution in [3.05, 3.63) is 0 Å². The molecule has 248 valence electrons. The fourth-order valence-corrected chi connectivity index (χ4v) is 11.7. The standard InChI is InChI=1S/C36H56O8/c1-21-6-24-13-29(38)18-36(14-21,17-24)34(40)42-20-31-30(43-32(44-31)27-9-22-4-3-5-23(7-22)10-27)19-41-33(39)35(2)15-25-8-26(16-35)12-28(37)11-25/h21-32,37-38H,3-20H2,1-2H3. The molecule has 0 aromatic rings. The molecule has 7 aliphatic rings. The van der Waals surface area contributed by atoms with Crippen LogP contribution in [0.3, 0.4) is 0 Å². The van der Waals surface area contributed by atoms with Crippen LogP contribution in [0.5, 0.6) is 0 Å². The van der Waals surface area contributed by atoms with Gasteiger partial charge in [-0.3, -0.25) is 9.59 Å². The van der Waals surface area contributed by atoms with Crippen LogP contribution in [0.15, 0.2) is 0 Å². The molecule has 6 bridgehead atoms. The van der Waals surface area contributed by atoms with E-state index in [1.807, 2.05) is 6.92 Å². The molecule has 8 nitrogen and oxygen atoms in total. The Morgan fingerprint density at radius 3 is 1.91 bits per heavy atom. The Labute approximate surface area is 263 Å². The molecule has 7 rings (SSSR count). The second-order valence-electron chi connectivity index (χ2n) is 17.1. The summed E-state index contributed by atoms with van der Waals surface area (Å²) in [5.74, 6) is 2.91. The van der Waals surface area contributed by atoms with E-state index in [0.29, 0.717) is 36.0 Å². The molecule has 0 spiro atoms. The number of ether oxygens (including phenoxy) is 4. The van der Waals surface area contributed by atoms with E-state index in [2.05, 4.69) is 6.92 Å². The molecular formula is C36H56O8. The first-order valence-corrected chi connectivity index (χ1v) is 18.1. The summed E-state index contributed by atoms with van der Waals surface area (Å²) in [4.78, 5) is 27.3. The Morgan fingerprint density at radius 2 is 1.25 bits per heavy atom. The number of aliphatic hydroxyl groups is 2. The zero-order chi connectivity index (χ0) is 30.6. The van der Waals surface area contributed by atoms with Crippen molar-refractivity contribution in [3.8, 4) is 0 Å². The minimum absolute atomic E-state index is 0.0767. The Morgan fingerprint density at radius 1 is 0.682 bits per heavy atom. The highest BCUT2D eigenvalue weighted by Gasteiger charge is 2.52. The van der Waals surface area contributed by atoms with E-state index in [1.54, 1.807) is 0 Å². The van der Waals surface area contributed by atoms with E-state index in [0.717, 1.165) is 82.5 Å². The quantitative estimate of drug-likeness (QED) is 0.358. The molecular weight excluding hydrogens is 560 g/mol. The highest BCUT2D eigenvalue weighted by Crippen LogP contribution is 2.52. The van der Waals surface area contributed by atoms with Crippen LogP contribution in [0, 0.1) is 52.3 Å². The molecule has 11 atom stereocenters. The Balaban J connectivity index is 1.01. The van der Waals surface area contributed by atoms with Gasteiger partial charge >= 0.3 is 11.9 Å². The molecule has 6 aliphatic carbocycles. The van der Waals surface area contributed by atoms with Gasteiger partial charge in [0, 0.05) is 5.92 Å². The number of carbonyl (C=O) groups excluding carboxylic acids is 2. The van der Waals surface area contributed by atoms with Gasteiger partial charge < -0.3 is 29.2 Å². The summed E-state index contributed by atoms with van der Waals surface area (Å²) in [5, 5.41) is 20.8. The van der Waals surface area contributed by atoms with Gasteiger partial charge in [-0.15, -0.1) is 0 Å². The second kappa shape index (κ2) is 12.4. The van der Waals surface area contributed by atoms with Gasteiger partial charge in [0.1, 0.15) is 25.4 Å². The summed E-state index contributed by atoms with van der Waals surface area (Å²) in [6.07, 6.45) is 13.4. The van der Waals surface area contributed by atoms with Gasteiger partial charge in [-0.25, -0.2) is 0 Å². The molecule has 0 radical (unpaired) electrons. The minimum atomic E-state index is -0.622. The molecule has 1 saturated heterocycles. The van der Waals surface area contributed by atoms with Gasteiger partial charge in [-0.1, -0.05) is 26.2 Å². The molecule has 7 fully saturated rings. The van der Waals surface area contributed by atoms with Gasteiger partial charge in [0.2, 0.25) is 0 Å². The van der Waals surface area contributed by atoms with Gasteiger partial charge in [0.15, 0.2) is 6.29 Å². The van der Waals surface area contributed by atoms with E-state index in [9.17, 15) is 19.8 Å². The molecule has 44 heavy (non-hydrogen) atoms. The number of fused-ring (bicyclic) bond motifs is 6. The van der Waals surface area contributed by atoms with Crippen LogP contribution in [0.4, 0.5) is 0 Å². The maximum atomic E-state index is 13.7. The van der Waals surface area contributed by atoms with Crippen LogP contribution in [-0.2, 0) is 28.5 Å². The first kappa shape index (κ1) is 31.4. The maximum Gasteiger partial charge on any atom is 0.312 e. The van der Waals surface area contributed by atoms with E-state index in [4.69, 9.17) is 18.9 Å². The van der Waals surface area contributed by atoms with Crippen molar-refractivity contribution in [1.29, 1.82) is 0 Å². The van der Waals surface area contributed by atoms with Crippen LogP contribution in [0.25, 0.3) is 0 Å². The van der Waals surface area contributed by atoms with Crippen LogP contribution in [0.1, 0.15) is 117 Å². The molecule has 1 heterocycles. The number of aliphatic hydroxyl groups excluding tert-OH is 2. The third-order valence-corrected chi connectivity index (χ3v) is 13.0. The second-order valence-corrected chi connectivity index (χ2v) is 17.1. The van der Waals surface area contributed by atoms with Crippen molar-refractivity contribution in [2.24, 2.45) is 52.3 Å². The molecule has 1 aliphatic heterocycles. The summed E-state index contributed by atoms with van der Waals surface area (Å²) >= 11 is 0. The SMILES string of the molecule is CC1CC2CC(O)CC(C(=O)OCC3OC(C4CC5CCCC(C5)C4)OC3COC(=O)C3(C)CC4CC(O)CC(C4)C3)(C1)C2. The topological polar surface area (TPSA) is 112 Å². The lowest BCUT2D eigenvalue weighted by atomic mass is 9.58. The average molecular weight is 617 g/mol. The number of rotatable bonds is 7. The third kappa shape index (κ3) is 6.48. The van der Waals surface area contributed by atoms with E-state index < -0.39 is 29.1 Å².